The van der Waals surface area contributed by atoms with Crippen molar-refractivity contribution >= 4 is 5.69 Å². The Balaban J connectivity index is 2.24. The second-order valence-electron chi connectivity index (χ2n) is 4.37. The fourth-order valence-electron chi connectivity index (χ4n) is 2.49. The third kappa shape index (κ3) is 2.30. The van der Waals surface area contributed by atoms with Gasteiger partial charge >= 0.3 is 0 Å². The summed E-state index contributed by atoms with van der Waals surface area (Å²) < 4.78 is 0. The van der Waals surface area contributed by atoms with Crippen molar-refractivity contribution in [2.45, 2.75) is 25.4 Å². The molecule has 0 spiro atoms. The van der Waals surface area contributed by atoms with Crippen molar-refractivity contribution < 1.29 is 4.92 Å². The number of hydrogen-bond acceptors (Lipinski definition) is 4. The summed E-state index contributed by atoms with van der Waals surface area (Å²) in [4.78, 5) is 12.5. The molecule has 1 aromatic rings. The Hall–Kier alpha value is -1.46. The van der Waals surface area contributed by atoms with E-state index in [0.29, 0.717) is 0 Å². The lowest BCUT2D eigenvalue weighted by Gasteiger charge is -2.25. The van der Waals surface area contributed by atoms with Crippen molar-refractivity contribution in [3.63, 3.8) is 0 Å². The minimum atomic E-state index is -0.379. The van der Waals surface area contributed by atoms with Crippen LogP contribution in [0.4, 0.5) is 5.69 Å². The van der Waals surface area contributed by atoms with E-state index in [1.165, 1.54) is 0 Å². The molecule has 2 rings (SSSR count). The van der Waals surface area contributed by atoms with Crippen molar-refractivity contribution in [1.29, 1.82) is 0 Å². The van der Waals surface area contributed by atoms with Gasteiger partial charge in [0.15, 0.2) is 0 Å². The molecule has 92 valence electrons. The first-order valence-corrected chi connectivity index (χ1v) is 5.87. The fraction of sp³-hybridized carbons (Fsp3) is 0.500. The van der Waals surface area contributed by atoms with Crippen LogP contribution in [0.3, 0.4) is 0 Å². The second-order valence-corrected chi connectivity index (χ2v) is 4.37. The highest BCUT2D eigenvalue weighted by atomic mass is 16.6. The number of hydrogen-bond donors (Lipinski definition) is 1. The Morgan fingerprint density at radius 2 is 2.12 bits per heavy atom. The van der Waals surface area contributed by atoms with Gasteiger partial charge in [-0.25, -0.2) is 0 Å². The van der Waals surface area contributed by atoms with Gasteiger partial charge in [0.2, 0.25) is 0 Å². The van der Waals surface area contributed by atoms with E-state index in [9.17, 15) is 10.1 Å². The van der Waals surface area contributed by atoms with Crippen molar-refractivity contribution in [1.82, 2.24) is 4.90 Å². The summed E-state index contributed by atoms with van der Waals surface area (Å²) in [5.41, 5.74) is 7.30. The minimum absolute atomic E-state index is 0.122. The molecular formula is C12H17N3O2. The summed E-state index contributed by atoms with van der Waals surface area (Å²) in [6.07, 6.45) is 0.982. The Morgan fingerprint density at radius 3 is 2.65 bits per heavy atom. The van der Waals surface area contributed by atoms with Crippen LogP contribution in [0.5, 0.6) is 0 Å². The maximum absolute atomic E-state index is 10.6. The molecule has 0 aromatic heterocycles. The Kier molecular flexibility index (Phi) is 3.40. The maximum atomic E-state index is 10.6. The lowest BCUT2D eigenvalue weighted by atomic mass is 10.0. The van der Waals surface area contributed by atoms with Gasteiger partial charge in [0, 0.05) is 30.8 Å². The lowest BCUT2D eigenvalue weighted by molar-refractivity contribution is -0.384. The van der Waals surface area contributed by atoms with Crippen LogP contribution in [-0.2, 0) is 0 Å². The molecule has 1 saturated heterocycles. The molecule has 1 aliphatic rings. The maximum Gasteiger partial charge on any atom is 0.269 e. The number of benzene rings is 1. The van der Waals surface area contributed by atoms with Crippen molar-refractivity contribution in [3.05, 3.63) is 39.9 Å². The Morgan fingerprint density at radius 1 is 1.47 bits per heavy atom. The SMILES string of the molecule is CCN1CCC(N)C1c1ccc([N+](=O)[O-])cc1. The van der Waals surface area contributed by atoms with Crippen LogP contribution in [0, 0.1) is 10.1 Å². The third-order valence-electron chi connectivity index (χ3n) is 3.40. The van der Waals surface area contributed by atoms with Crippen molar-refractivity contribution in [2.24, 2.45) is 5.73 Å². The van der Waals surface area contributed by atoms with E-state index in [2.05, 4.69) is 11.8 Å². The molecule has 1 heterocycles. The molecule has 2 atom stereocenters. The second kappa shape index (κ2) is 4.81. The summed E-state index contributed by atoms with van der Waals surface area (Å²) >= 11 is 0. The van der Waals surface area contributed by atoms with Gasteiger partial charge in [0.1, 0.15) is 0 Å². The predicted molar refractivity (Wildman–Crippen MR) is 65.7 cm³/mol. The summed E-state index contributed by atoms with van der Waals surface area (Å²) in [5, 5.41) is 10.6. The van der Waals surface area contributed by atoms with Gasteiger partial charge in [-0.1, -0.05) is 19.1 Å². The molecule has 2 unspecified atom stereocenters. The monoisotopic (exact) mass is 235 g/mol. The number of nitro benzene ring substituents is 1. The summed E-state index contributed by atoms with van der Waals surface area (Å²) in [5.74, 6) is 0. The van der Waals surface area contributed by atoms with E-state index in [0.717, 1.165) is 25.1 Å². The molecule has 5 nitrogen and oxygen atoms in total. The number of nitro groups is 1. The molecule has 0 saturated carbocycles. The van der Waals surface area contributed by atoms with Crippen LogP contribution in [0.15, 0.2) is 24.3 Å². The molecule has 5 heteroatoms. The van der Waals surface area contributed by atoms with Gasteiger partial charge in [-0.2, -0.15) is 0 Å². The predicted octanol–water partition coefficient (Wildman–Crippen LogP) is 1.69. The van der Waals surface area contributed by atoms with Gasteiger partial charge in [-0.05, 0) is 18.5 Å². The molecule has 17 heavy (non-hydrogen) atoms. The lowest BCUT2D eigenvalue weighted by Crippen LogP contribution is -2.31. The number of nitrogens with zero attached hydrogens (tertiary/aromatic N) is 2. The Labute approximate surface area is 100 Å². The molecule has 0 bridgehead atoms. The zero-order valence-corrected chi connectivity index (χ0v) is 9.87. The molecule has 2 N–H and O–H groups in total. The molecule has 1 fully saturated rings. The van der Waals surface area contributed by atoms with Gasteiger partial charge in [-0.3, -0.25) is 15.0 Å². The molecule has 0 aliphatic carbocycles. The summed E-state index contributed by atoms with van der Waals surface area (Å²) in [6, 6.07) is 7.05. The number of likely N-dealkylation sites (tertiary alicyclic amines) is 1. The third-order valence-corrected chi connectivity index (χ3v) is 3.40. The fourth-order valence-corrected chi connectivity index (χ4v) is 2.49. The number of rotatable bonds is 3. The van der Waals surface area contributed by atoms with E-state index in [1.54, 1.807) is 12.1 Å². The van der Waals surface area contributed by atoms with Crippen molar-refractivity contribution in [3.8, 4) is 0 Å². The van der Waals surface area contributed by atoms with Gasteiger partial charge in [0.05, 0.1) is 4.92 Å². The topological polar surface area (TPSA) is 72.4 Å². The number of nitrogens with two attached hydrogens (primary N) is 1. The van der Waals surface area contributed by atoms with Crippen LogP contribution in [0.1, 0.15) is 24.9 Å². The summed E-state index contributed by atoms with van der Waals surface area (Å²) in [7, 11) is 0. The average molecular weight is 235 g/mol. The first-order valence-electron chi connectivity index (χ1n) is 5.87. The normalized spacial score (nSPS) is 25.1. The summed E-state index contributed by atoms with van der Waals surface area (Å²) in [6.45, 7) is 4.06. The van der Waals surface area contributed by atoms with E-state index < -0.39 is 0 Å². The Bertz CT molecular complexity index is 405. The molecule has 0 amide bonds. The highest BCUT2D eigenvalue weighted by Crippen LogP contribution is 2.31. The number of non-ortho nitro benzene ring substituents is 1. The highest BCUT2D eigenvalue weighted by molar-refractivity contribution is 5.35. The van der Waals surface area contributed by atoms with Crippen LogP contribution < -0.4 is 5.73 Å². The van der Waals surface area contributed by atoms with Crippen molar-refractivity contribution in [2.75, 3.05) is 13.1 Å². The standard InChI is InChI=1S/C12H17N3O2/c1-2-14-8-7-11(13)12(14)9-3-5-10(6-4-9)15(16)17/h3-6,11-12H,2,7-8,13H2,1H3. The molecule has 1 aliphatic heterocycles. The zero-order chi connectivity index (χ0) is 12.4. The van der Waals surface area contributed by atoms with E-state index in [1.807, 2.05) is 12.1 Å². The molecular weight excluding hydrogens is 218 g/mol. The largest absolute Gasteiger partial charge is 0.326 e. The van der Waals surface area contributed by atoms with Gasteiger partial charge in [0.25, 0.3) is 5.69 Å². The van der Waals surface area contributed by atoms with Crippen LogP contribution in [0.2, 0.25) is 0 Å². The molecule has 1 aromatic carbocycles. The van der Waals surface area contributed by atoms with Gasteiger partial charge < -0.3 is 5.73 Å². The van der Waals surface area contributed by atoms with E-state index >= 15 is 0 Å². The van der Waals surface area contributed by atoms with E-state index in [4.69, 9.17) is 5.73 Å². The van der Waals surface area contributed by atoms with Crippen LogP contribution in [0.25, 0.3) is 0 Å². The average Bonchev–Trinajstić information content (AvgIpc) is 2.70. The minimum Gasteiger partial charge on any atom is -0.326 e. The van der Waals surface area contributed by atoms with Crippen LogP contribution in [-0.4, -0.2) is 29.0 Å². The first-order chi connectivity index (χ1) is 8.13. The zero-order valence-electron chi connectivity index (χ0n) is 9.87. The highest BCUT2D eigenvalue weighted by Gasteiger charge is 2.31. The molecule has 0 radical (unpaired) electrons. The smallest absolute Gasteiger partial charge is 0.269 e. The number of likely N-dealkylation sites (N-methyl/N-ethyl adjacent to an activating group) is 1. The van der Waals surface area contributed by atoms with Crippen LogP contribution >= 0.6 is 0 Å². The van der Waals surface area contributed by atoms with E-state index in [-0.39, 0.29) is 22.7 Å². The van der Waals surface area contributed by atoms with Gasteiger partial charge in [-0.15, -0.1) is 0 Å². The first kappa shape index (κ1) is 12.0. The quantitative estimate of drug-likeness (QED) is 0.639.